The number of hydrogen-bond donors (Lipinski definition) is 2. The Morgan fingerprint density at radius 3 is 2.70 bits per heavy atom. The van der Waals surface area contributed by atoms with Gasteiger partial charge in [-0.05, 0) is 36.8 Å². The van der Waals surface area contributed by atoms with Crippen LogP contribution in [0.5, 0.6) is 0 Å². The molecule has 0 heterocycles. The second-order valence-electron chi connectivity index (χ2n) is 4.45. The van der Waals surface area contributed by atoms with Crippen molar-refractivity contribution in [3.05, 3.63) is 63.9 Å². The second-order valence-corrected chi connectivity index (χ2v) is 5.37. The van der Waals surface area contributed by atoms with Crippen LogP contribution >= 0.6 is 15.9 Å². The molecule has 0 unspecified atom stereocenters. The van der Waals surface area contributed by atoms with E-state index in [0.29, 0.717) is 0 Å². The molecule has 0 radical (unpaired) electrons. The maximum absolute atomic E-state index is 13.3. The Morgan fingerprint density at radius 1 is 1.30 bits per heavy atom. The van der Waals surface area contributed by atoms with Crippen molar-refractivity contribution < 1.29 is 9.18 Å². The van der Waals surface area contributed by atoms with Crippen molar-refractivity contribution in [1.29, 1.82) is 0 Å². The minimum atomic E-state index is -0.590. The first kappa shape index (κ1) is 14.5. The van der Waals surface area contributed by atoms with Gasteiger partial charge in [0.05, 0.1) is 17.3 Å². The third-order valence-corrected chi connectivity index (χ3v) is 3.49. The number of halogens is 2. The van der Waals surface area contributed by atoms with Gasteiger partial charge in [0.1, 0.15) is 5.82 Å². The number of carbonyl (C=O) groups excluding carboxylic acids is 1. The quantitative estimate of drug-likeness (QED) is 0.840. The number of hydrogen-bond acceptors (Lipinski definition) is 2. The summed E-state index contributed by atoms with van der Waals surface area (Å²) in [6.07, 6.45) is 0. The monoisotopic (exact) mass is 336 g/mol. The van der Waals surface area contributed by atoms with Gasteiger partial charge in [-0.2, -0.15) is 0 Å². The molecule has 3 N–H and O–H groups in total. The van der Waals surface area contributed by atoms with Crippen LogP contribution in [0.2, 0.25) is 0 Å². The lowest BCUT2D eigenvalue weighted by molar-refractivity contribution is 0.0940. The smallest absolute Gasteiger partial charge is 0.253 e. The van der Waals surface area contributed by atoms with Crippen molar-refractivity contribution in [3.8, 4) is 0 Å². The van der Waals surface area contributed by atoms with Crippen LogP contribution in [-0.4, -0.2) is 5.91 Å². The van der Waals surface area contributed by atoms with Crippen LogP contribution in [0, 0.1) is 5.82 Å². The highest BCUT2D eigenvalue weighted by atomic mass is 79.9. The largest absolute Gasteiger partial charge is 0.396 e. The van der Waals surface area contributed by atoms with E-state index in [9.17, 15) is 9.18 Å². The first-order chi connectivity index (χ1) is 9.49. The van der Waals surface area contributed by atoms with Gasteiger partial charge in [-0.1, -0.05) is 34.1 Å². The summed E-state index contributed by atoms with van der Waals surface area (Å²) in [4.78, 5) is 12.1. The Labute approximate surface area is 125 Å². The number of benzene rings is 2. The average Bonchev–Trinajstić information content (AvgIpc) is 2.41. The summed E-state index contributed by atoms with van der Waals surface area (Å²) in [6.45, 7) is 1.86. The molecule has 0 aliphatic carbocycles. The molecule has 0 aliphatic heterocycles. The predicted octanol–water partition coefficient (Wildman–Crippen LogP) is 3.66. The number of rotatable bonds is 3. The number of carbonyl (C=O) groups is 1. The molecule has 0 saturated carbocycles. The van der Waals surface area contributed by atoms with Gasteiger partial charge in [-0.15, -0.1) is 0 Å². The van der Waals surface area contributed by atoms with Crippen molar-refractivity contribution in [2.24, 2.45) is 0 Å². The van der Waals surface area contributed by atoms with E-state index in [4.69, 9.17) is 5.73 Å². The molecule has 0 aromatic heterocycles. The lowest BCUT2D eigenvalue weighted by Gasteiger charge is -2.15. The SMILES string of the molecule is C[C@@H](NC(=O)c1cccc(F)c1N)c1cccc(Br)c1. The van der Waals surface area contributed by atoms with Crippen molar-refractivity contribution in [1.82, 2.24) is 5.32 Å². The van der Waals surface area contributed by atoms with Crippen molar-refractivity contribution in [2.75, 3.05) is 5.73 Å². The van der Waals surface area contributed by atoms with E-state index in [1.807, 2.05) is 31.2 Å². The number of nitrogens with one attached hydrogen (secondary N) is 1. The fraction of sp³-hybridized carbons (Fsp3) is 0.133. The van der Waals surface area contributed by atoms with Crippen LogP contribution in [-0.2, 0) is 0 Å². The first-order valence-electron chi connectivity index (χ1n) is 6.09. The second kappa shape index (κ2) is 6.05. The lowest BCUT2D eigenvalue weighted by Crippen LogP contribution is -2.27. The van der Waals surface area contributed by atoms with Gasteiger partial charge in [0.25, 0.3) is 5.91 Å². The molecule has 0 aliphatic rings. The van der Waals surface area contributed by atoms with Crippen LogP contribution in [0.3, 0.4) is 0 Å². The standard InChI is InChI=1S/C15H14BrFN2O/c1-9(10-4-2-5-11(16)8-10)19-15(20)12-6-3-7-13(17)14(12)18/h2-9H,18H2,1H3,(H,19,20)/t9-/m1/s1. The number of anilines is 1. The third-order valence-electron chi connectivity index (χ3n) is 2.99. The molecule has 0 fully saturated rings. The zero-order chi connectivity index (χ0) is 14.7. The van der Waals surface area contributed by atoms with E-state index in [1.165, 1.54) is 18.2 Å². The zero-order valence-electron chi connectivity index (χ0n) is 10.9. The summed E-state index contributed by atoms with van der Waals surface area (Å²) in [5, 5.41) is 2.80. The number of nitrogens with two attached hydrogens (primary N) is 1. The van der Waals surface area contributed by atoms with Crippen molar-refractivity contribution >= 4 is 27.5 Å². The Bertz CT molecular complexity index is 646. The summed E-state index contributed by atoms with van der Waals surface area (Å²) >= 11 is 3.38. The van der Waals surface area contributed by atoms with Gasteiger partial charge in [0, 0.05) is 4.47 Å². The molecule has 1 atom stereocenters. The van der Waals surface area contributed by atoms with Crippen molar-refractivity contribution in [3.63, 3.8) is 0 Å². The molecular formula is C15H14BrFN2O. The number of amides is 1. The Hall–Kier alpha value is -1.88. The highest BCUT2D eigenvalue weighted by molar-refractivity contribution is 9.10. The van der Waals surface area contributed by atoms with Crippen LogP contribution in [0.25, 0.3) is 0 Å². The third kappa shape index (κ3) is 3.17. The molecule has 3 nitrogen and oxygen atoms in total. The van der Waals surface area contributed by atoms with Crippen LogP contribution in [0.15, 0.2) is 46.9 Å². The summed E-state index contributed by atoms with van der Waals surface area (Å²) < 4.78 is 14.3. The van der Waals surface area contributed by atoms with Gasteiger partial charge in [-0.3, -0.25) is 4.79 Å². The molecule has 2 aromatic rings. The molecule has 0 bridgehead atoms. The first-order valence-corrected chi connectivity index (χ1v) is 6.88. The van der Waals surface area contributed by atoms with E-state index in [2.05, 4.69) is 21.2 Å². The van der Waals surface area contributed by atoms with Crippen LogP contribution in [0.4, 0.5) is 10.1 Å². The summed E-state index contributed by atoms with van der Waals surface area (Å²) in [7, 11) is 0. The molecule has 2 aromatic carbocycles. The van der Waals surface area contributed by atoms with Gasteiger partial charge in [0.2, 0.25) is 0 Å². The van der Waals surface area contributed by atoms with E-state index in [-0.39, 0.29) is 17.3 Å². The van der Waals surface area contributed by atoms with Gasteiger partial charge in [-0.25, -0.2) is 4.39 Å². The molecule has 20 heavy (non-hydrogen) atoms. The highest BCUT2D eigenvalue weighted by Crippen LogP contribution is 2.20. The molecule has 104 valence electrons. The topological polar surface area (TPSA) is 55.1 Å². The molecule has 0 saturated heterocycles. The van der Waals surface area contributed by atoms with E-state index >= 15 is 0 Å². The summed E-state index contributed by atoms with van der Waals surface area (Å²) in [5.74, 6) is -0.984. The normalized spacial score (nSPS) is 11.9. The van der Waals surface area contributed by atoms with E-state index in [1.54, 1.807) is 0 Å². The summed E-state index contributed by atoms with van der Waals surface area (Å²) in [6, 6.07) is 11.6. The maximum atomic E-state index is 13.3. The van der Waals surface area contributed by atoms with Crippen LogP contribution < -0.4 is 11.1 Å². The molecule has 2 rings (SSSR count). The minimum Gasteiger partial charge on any atom is -0.396 e. The fourth-order valence-electron chi connectivity index (χ4n) is 1.87. The van der Waals surface area contributed by atoms with Crippen LogP contribution in [0.1, 0.15) is 28.9 Å². The minimum absolute atomic E-state index is 0.133. The molecule has 5 heteroatoms. The lowest BCUT2D eigenvalue weighted by atomic mass is 10.1. The zero-order valence-corrected chi connectivity index (χ0v) is 12.4. The Kier molecular flexibility index (Phi) is 4.39. The van der Waals surface area contributed by atoms with Gasteiger partial charge in [0.15, 0.2) is 0 Å². The number of nitrogen functional groups attached to an aromatic ring is 1. The van der Waals surface area contributed by atoms with Gasteiger partial charge >= 0.3 is 0 Å². The maximum Gasteiger partial charge on any atom is 0.253 e. The predicted molar refractivity (Wildman–Crippen MR) is 80.8 cm³/mol. The number of para-hydroxylation sites is 1. The molecule has 0 spiro atoms. The fourth-order valence-corrected chi connectivity index (χ4v) is 2.29. The highest BCUT2D eigenvalue weighted by Gasteiger charge is 2.15. The van der Waals surface area contributed by atoms with E-state index < -0.39 is 11.7 Å². The van der Waals surface area contributed by atoms with E-state index in [0.717, 1.165) is 10.0 Å². The molecular weight excluding hydrogens is 323 g/mol. The molecule has 1 amide bonds. The van der Waals surface area contributed by atoms with Crippen molar-refractivity contribution in [2.45, 2.75) is 13.0 Å². The average molecular weight is 337 g/mol. The summed E-state index contributed by atoms with van der Waals surface area (Å²) in [5.41, 5.74) is 6.54. The Morgan fingerprint density at radius 2 is 2.00 bits per heavy atom. The van der Waals surface area contributed by atoms with Gasteiger partial charge < -0.3 is 11.1 Å². The Balaban J connectivity index is 2.17.